The summed E-state index contributed by atoms with van der Waals surface area (Å²) >= 11 is 7.18. The van der Waals surface area contributed by atoms with E-state index in [-0.39, 0.29) is 33.2 Å². The summed E-state index contributed by atoms with van der Waals surface area (Å²) in [6.07, 6.45) is -1.12. The minimum absolute atomic E-state index is 0.0110. The molecule has 49 heavy (non-hydrogen) atoms. The smallest absolute Gasteiger partial charge is 0.477 e. The Labute approximate surface area is 284 Å². The van der Waals surface area contributed by atoms with Crippen molar-refractivity contribution in [2.24, 2.45) is 0 Å². The van der Waals surface area contributed by atoms with Crippen LogP contribution in [0.4, 0.5) is 4.79 Å². The first-order chi connectivity index (χ1) is 23.3. The number of ether oxygens (including phenoxy) is 2. The van der Waals surface area contributed by atoms with Gasteiger partial charge in [-0.25, -0.2) is 19.0 Å². The Morgan fingerprint density at radius 2 is 1.76 bits per heavy atom. The topological polar surface area (TPSA) is 233 Å². The molecule has 2 aliphatic rings. The van der Waals surface area contributed by atoms with E-state index in [1.54, 1.807) is 30.3 Å². The van der Waals surface area contributed by atoms with Crippen LogP contribution in [0.5, 0.6) is 5.75 Å². The van der Waals surface area contributed by atoms with E-state index in [1.807, 2.05) is 0 Å². The zero-order valence-electron chi connectivity index (χ0n) is 25.5. The summed E-state index contributed by atoms with van der Waals surface area (Å²) in [5.41, 5.74) is -1.32. The first-order valence-electron chi connectivity index (χ1n) is 14.3. The van der Waals surface area contributed by atoms with Gasteiger partial charge < -0.3 is 34.9 Å². The number of carboxylic acids is 1. The standard InChI is InChI=1S/C30H26ClN5O12S/c1-13(32-18(37)11-35-25(40)15-9-6-10-17(47-30(45)46-2)22(15)48-29(35)44)23(38)33-19(14-7-4-3-5-8-14)24(39)34-20-26(41)36-21(28(42)43)16(31)12-49-27(20)36/h3-10,13,19-20,27H,11-12H2,1-2H3,(H,32,37)(H,33,38)(H,34,39)(H,42,43)/t13?,19-,20-,27?/m1/s1. The van der Waals surface area contributed by atoms with Crippen molar-refractivity contribution in [2.45, 2.75) is 37.0 Å². The third-order valence-corrected chi connectivity index (χ3v) is 9.15. The van der Waals surface area contributed by atoms with Gasteiger partial charge in [-0.1, -0.05) is 48.0 Å². The Hall–Kier alpha value is -5.62. The first-order valence-corrected chi connectivity index (χ1v) is 15.7. The molecule has 5 rings (SSSR count). The van der Waals surface area contributed by atoms with Gasteiger partial charge in [-0.2, -0.15) is 0 Å². The number of thioether (sulfide) groups is 1. The number of hydrogen-bond donors (Lipinski definition) is 4. The second-order valence-electron chi connectivity index (χ2n) is 10.5. The molecule has 0 radical (unpaired) electrons. The van der Waals surface area contributed by atoms with Gasteiger partial charge in [-0.15, -0.1) is 11.8 Å². The van der Waals surface area contributed by atoms with Gasteiger partial charge in [0.25, 0.3) is 11.5 Å². The Morgan fingerprint density at radius 3 is 2.43 bits per heavy atom. The lowest BCUT2D eigenvalue weighted by atomic mass is 10.0. The van der Waals surface area contributed by atoms with Crippen molar-refractivity contribution in [2.75, 3.05) is 12.9 Å². The van der Waals surface area contributed by atoms with Gasteiger partial charge >= 0.3 is 17.9 Å². The van der Waals surface area contributed by atoms with Crippen molar-refractivity contribution < 1.29 is 47.8 Å². The molecule has 2 unspecified atom stereocenters. The third-order valence-electron chi connectivity index (χ3n) is 7.40. The Bertz CT molecular complexity index is 2030. The number of nitrogens with one attached hydrogen (secondary N) is 3. The van der Waals surface area contributed by atoms with Crippen LogP contribution in [0.2, 0.25) is 0 Å². The monoisotopic (exact) mass is 715 g/mol. The molecule has 0 bridgehead atoms. The van der Waals surface area contributed by atoms with Gasteiger partial charge in [0.1, 0.15) is 35.7 Å². The van der Waals surface area contributed by atoms with Crippen LogP contribution in [0.1, 0.15) is 18.5 Å². The Balaban J connectivity index is 1.27. The summed E-state index contributed by atoms with van der Waals surface area (Å²) < 4.78 is 14.9. The minimum Gasteiger partial charge on any atom is -0.477 e. The molecule has 4 atom stereocenters. The van der Waals surface area contributed by atoms with E-state index in [0.29, 0.717) is 10.1 Å². The summed E-state index contributed by atoms with van der Waals surface area (Å²) in [6, 6.07) is 8.15. The molecule has 3 aromatic rings. The normalized spacial score (nSPS) is 18.0. The van der Waals surface area contributed by atoms with E-state index in [2.05, 4.69) is 20.7 Å². The molecule has 0 aliphatic carbocycles. The lowest BCUT2D eigenvalue weighted by Crippen LogP contribution is -2.71. The summed E-state index contributed by atoms with van der Waals surface area (Å²) in [7, 11) is 1.06. The zero-order valence-corrected chi connectivity index (χ0v) is 27.0. The molecule has 1 fully saturated rings. The Morgan fingerprint density at radius 1 is 1.04 bits per heavy atom. The number of hydrogen-bond acceptors (Lipinski definition) is 12. The molecule has 1 aromatic heterocycles. The van der Waals surface area contributed by atoms with Crippen molar-refractivity contribution in [1.82, 2.24) is 25.4 Å². The van der Waals surface area contributed by atoms with Crippen LogP contribution in [0.15, 0.2) is 73.3 Å². The number of carboxylic acid groups (broad SMARTS) is 1. The fraction of sp³-hybridized carbons (Fsp3) is 0.267. The zero-order chi connectivity index (χ0) is 35.6. The minimum atomic E-state index is -1.38. The predicted molar refractivity (Wildman–Crippen MR) is 170 cm³/mol. The number of aromatic nitrogens is 1. The maximum atomic E-state index is 13.5. The molecule has 4 amide bonds. The average molecular weight is 716 g/mol. The number of para-hydroxylation sites is 1. The SMILES string of the molecule is COC(=O)Oc1cccc2c(=O)n(CC(=O)NC(C)C(=O)N[C@@H](C(=O)N[C@@H]3C(=O)N4C(C(=O)O)=C(Cl)CSC34)c3ccccc3)c(=O)oc12. The number of aliphatic carboxylic acids is 1. The number of carbonyl (C=O) groups is 6. The molecular weight excluding hydrogens is 690 g/mol. The van der Waals surface area contributed by atoms with Crippen molar-refractivity contribution >= 4 is 70.1 Å². The maximum absolute atomic E-state index is 13.5. The molecule has 2 aromatic carbocycles. The van der Waals surface area contributed by atoms with Gasteiger partial charge in [-0.3, -0.25) is 28.9 Å². The van der Waals surface area contributed by atoms with Crippen LogP contribution in [-0.4, -0.2) is 80.6 Å². The fourth-order valence-corrected chi connectivity index (χ4v) is 6.59. The second kappa shape index (κ2) is 14.2. The molecule has 256 valence electrons. The highest BCUT2D eigenvalue weighted by atomic mass is 35.5. The van der Waals surface area contributed by atoms with E-state index in [1.165, 1.54) is 25.1 Å². The van der Waals surface area contributed by atoms with Crippen molar-refractivity contribution in [3.63, 3.8) is 0 Å². The third kappa shape index (κ3) is 7.00. The molecule has 0 spiro atoms. The number of rotatable bonds is 10. The number of β-lactam (4-membered cyclic amide) rings is 1. The van der Waals surface area contributed by atoms with Crippen LogP contribution in [-0.2, 0) is 35.3 Å². The second-order valence-corrected chi connectivity index (χ2v) is 12.1. The van der Waals surface area contributed by atoms with Gasteiger partial charge in [0.2, 0.25) is 17.7 Å². The summed E-state index contributed by atoms with van der Waals surface area (Å²) in [5.74, 6) is -6.04. The number of benzene rings is 2. The molecular formula is C30H26ClN5O12S. The van der Waals surface area contributed by atoms with E-state index in [0.717, 1.165) is 23.8 Å². The molecule has 0 saturated carbocycles. The van der Waals surface area contributed by atoms with E-state index < -0.39 is 77.1 Å². The number of carbonyl (C=O) groups excluding carboxylic acids is 5. The summed E-state index contributed by atoms with van der Waals surface area (Å²) in [4.78, 5) is 102. The quantitative estimate of drug-likeness (QED) is 0.127. The molecule has 2 aliphatic heterocycles. The predicted octanol–water partition coefficient (Wildman–Crippen LogP) is 0.397. The van der Waals surface area contributed by atoms with Crippen LogP contribution >= 0.6 is 23.4 Å². The molecule has 17 nitrogen and oxygen atoms in total. The highest BCUT2D eigenvalue weighted by Gasteiger charge is 2.54. The van der Waals surface area contributed by atoms with Crippen molar-refractivity contribution in [3.05, 3.63) is 85.7 Å². The van der Waals surface area contributed by atoms with E-state index in [4.69, 9.17) is 20.8 Å². The van der Waals surface area contributed by atoms with Gasteiger partial charge in [0.15, 0.2) is 11.3 Å². The maximum Gasteiger partial charge on any atom is 0.513 e. The number of methoxy groups -OCH3 is 1. The van der Waals surface area contributed by atoms with Crippen LogP contribution in [0.25, 0.3) is 11.0 Å². The highest BCUT2D eigenvalue weighted by molar-refractivity contribution is 8.00. The van der Waals surface area contributed by atoms with Gasteiger partial charge in [-0.05, 0) is 24.6 Å². The average Bonchev–Trinajstić information content (AvgIpc) is 3.08. The largest absolute Gasteiger partial charge is 0.513 e. The highest BCUT2D eigenvalue weighted by Crippen LogP contribution is 2.41. The van der Waals surface area contributed by atoms with Gasteiger partial charge in [0, 0.05) is 5.75 Å². The number of halogens is 1. The van der Waals surface area contributed by atoms with Gasteiger partial charge in [0.05, 0.1) is 17.5 Å². The van der Waals surface area contributed by atoms with E-state index >= 15 is 0 Å². The van der Waals surface area contributed by atoms with Crippen LogP contribution in [0, 0.1) is 0 Å². The van der Waals surface area contributed by atoms with Crippen LogP contribution in [0.3, 0.4) is 0 Å². The molecule has 1 saturated heterocycles. The molecule has 4 N–H and O–H groups in total. The number of nitrogens with zero attached hydrogens (tertiary/aromatic N) is 2. The Kier molecular flexibility index (Phi) is 10.1. The lowest BCUT2D eigenvalue weighted by molar-refractivity contribution is -0.151. The molecule has 3 heterocycles. The summed E-state index contributed by atoms with van der Waals surface area (Å²) in [6.45, 7) is 0.445. The first kappa shape index (κ1) is 34.7. The van der Waals surface area contributed by atoms with E-state index in [9.17, 15) is 43.5 Å². The number of fused-ring (bicyclic) bond motifs is 2. The van der Waals surface area contributed by atoms with Crippen molar-refractivity contribution in [1.29, 1.82) is 0 Å². The lowest BCUT2D eigenvalue weighted by Gasteiger charge is -2.49. The van der Waals surface area contributed by atoms with Crippen molar-refractivity contribution in [3.8, 4) is 5.75 Å². The van der Waals surface area contributed by atoms with Crippen LogP contribution < -0.4 is 32.0 Å². The molecule has 19 heteroatoms. The fourth-order valence-electron chi connectivity index (χ4n) is 5.04. The summed E-state index contributed by atoms with van der Waals surface area (Å²) in [5, 5.41) is 16.0. The number of amides is 4.